The van der Waals surface area contributed by atoms with E-state index >= 15 is 0 Å². The molecule has 0 aliphatic carbocycles. The summed E-state index contributed by atoms with van der Waals surface area (Å²) in [6.45, 7) is 5.14. The first-order valence-electron chi connectivity index (χ1n) is 8.36. The summed E-state index contributed by atoms with van der Waals surface area (Å²) in [5.41, 5.74) is 0. The minimum atomic E-state index is -1.19. The van der Waals surface area contributed by atoms with Crippen LogP contribution in [0, 0.1) is 11.8 Å². The molecule has 0 saturated carbocycles. The van der Waals surface area contributed by atoms with Gasteiger partial charge in [-0.05, 0) is 25.8 Å². The SMILES string of the molecule is CCCCCC/C=C/[N+](CO)(CC(C)C(=O)[O-])CC(C)C(=O)O.[Na+]. The molecule has 0 bridgehead atoms. The Kier molecular flexibility index (Phi) is 14.9. The minimum Gasteiger partial charge on any atom is -0.550 e. The summed E-state index contributed by atoms with van der Waals surface area (Å²) in [7, 11) is 0. The molecule has 2 N–H and O–H groups in total. The molecular weight excluding hydrogens is 321 g/mol. The molecule has 0 radical (unpaired) electrons. The molecule has 0 aromatic heterocycles. The number of unbranched alkanes of at least 4 members (excludes halogenated alkanes) is 4. The molecule has 7 heteroatoms. The molecule has 24 heavy (non-hydrogen) atoms. The predicted octanol–water partition coefficient (Wildman–Crippen LogP) is -1.65. The molecule has 0 amide bonds. The number of aliphatic hydroxyl groups excluding tert-OH is 1. The number of quaternary nitrogens is 1. The van der Waals surface area contributed by atoms with Crippen molar-refractivity contribution in [2.75, 3.05) is 19.8 Å². The zero-order valence-corrected chi connectivity index (χ0v) is 17.5. The minimum absolute atomic E-state index is 0. The second kappa shape index (κ2) is 13.8. The summed E-state index contributed by atoms with van der Waals surface area (Å²) in [5.74, 6) is -3.60. The Bertz CT molecular complexity index is 378. The van der Waals surface area contributed by atoms with Crippen LogP contribution in [-0.4, -0.2) is 46.5 Å². The van der Waals surface area contributed by atoms with E-state index < -0.39 is 23.8 Å². The normalized spacial score (nSPS) is 16.2. The van der Waals surface area contributed by atoms with E-state index in [1.807, 2.05) is 6.08 Å². The van der Waals surface area contributed by atoms with Gasteiger partial charge in [-0.25, -0.2) is 0 Å². The van der Waals surface area contributed by atoms with E-state index in [0.717, 1.165) is 25.7 Å². The van der Waals surface area contributed by atoms with E-state index in [9.17, 15) is 19.8 Å². The first kappa shape index (κ1) is 25.8. The van der Waals surface area contributed by atoms with Crippen LogP contribution in [0.4, 0.5) is 0 Å². The largest absolute Gasteiger partial charge is 1.00 e. The molecule has 134 valence electrons. The van der Waals surface area contributed by atoms with Gasteiger partial charge in [-0.15, -0.1) is 0 Å². The third-order valence-electron chi connectivity index (χ3n) is 4.03. The Morgan fingerprint density at radius 2 is 1.71 bits per heavy atom. The Hall–Kier alpha value is -0.400. The van der Waals surface area contributed by atoms with Crippen molar-refractivity contribution in [1.82, 2.24) is 0 Å². The summed E-state index contributed by atoms with van der Waals surface area (Å²) in [6.07, 6.45) is 8.99. The Labute approximate surface area is 167 Å². The fourth-order valence-electron chi connectivity index (χ4n) is 2.59. The van der Waals surface area contributed by atoms with Crippen molar-refractivity contribution >= 4 is 11.9 Å². The van der Waals surface area contributed by atoms with Gasteiger partial charge in [-0.3, -0.25) is 9.28 Å². The standard InChI is InChI=1S/C17H31NO5.Na/c1-4-5-6-7-8-9-10-18(13-19,11-14(2)16(20)21)12-15(3)17(22)23;/h9-10,14-15,19H,4-8,11-13H2,1-3H3,(H-,20,21,22,23);/q;+1/b10-9+;. The molecule has 0 rings (SSSR count). The van der Waals surface area contributed by atoms with Crippen LogP contribution in [0.5, 0.6) is 0 Å². The number of nitrogens with zero attached hydrogens (tertiary/aromatic N) is 1. The number of allylic oxidation sites excluding steroid dienone is 1. The fourth-order valence-corrected chi connectivity index (χ4v) is 2.59. The summed E-state index contributed by atoms with van der Waals surface area (Å²) in [6, 6.07) is 0. The van der Waals surface area contributed by atoms with Gasteiger partial charge in [0.05, 0.1) is 19.3 Å². The second-order valence-electron chi connectivity index (χ2n) is 6.42. The number of carbonyl (C=O) groups excluding carboxylic acids is 1. The van der Waals surface area contributed by atoms with E-state index in [1.165, 1.54) is 13.3 Å². The van der Waals surface area contributed by atoms with Crippen LogP contribution in [0.25, 0.3) is 0 Å². The van der Waals surface area contributed by atoms with E-state index in [4.69, 9.17) is 5.11 Å². The maximum atomic E-state index is 11.1. The van der Waals surface area contributed by atoms with Gasteiger partial charge in [-0.2, -0.15) is 0 Å². The van der Waals surface area contributed by atoms with Gasteiger partial charge in [0.1, 0.15) is 5.92 Å². The number of aliphatic carboxylic acids is 2. The van der Waals surface area contributed by atoms with Crippen molar-refractivity contribution in [3.63, 3.8) is 0 Å². The monoisotopic (exact) mass is 352 g/mol. The van der Waals surface area contributed by atoms with Crippen molar-refractivity contribution in [3.8, 4) is 0 Å². The molecule has 0 spiro atoms. The average Bonchev–Trinajstić information content (AvgIpc) is 2.50. The van der Waals surface area contributed by atoms with Crippen LogP contribution in [0.15, 0.2) is 12.3 Å². The van der Waals surface area contributed by atoms with Gasteiger partial charge in [0.15, 0.2) is 6.73 Å². The fraction of sp³-hybridized carbons (Fsp3) is 0.765. The molecule has 0 saturated heterocycles. The van der Waals surface area contributed by atoms with Crippen LogP contribution in [0.1, 0.15) is 52.9 Å². The van der Waals surface area contributed by atoms with Gasteiger partial charge in [0, 0.05) is 11.9 Å². The molecule has 0 aliphatic heterocycles. The molecule has 6 nitrogen and oxygen atoms in total. The molecule has 0 aromatic rings. The van der Waals surface area contributed by atoms with Crippen molar-refractivity contribution in [2.24, 2.45) is 11.8 Å². The van der Waals surface area contributed by atoms with Crippen LogP contribution >= 0.6 is 0 Å². The predicted molar refractivity (Wildman–Crippen MR) is 86.0 cm³/mol. The van der Waals surface area contributed by atoms with Crippen molar-refractivity contribution in [2.45, 2.75) is 52.9 Å². The topological polar surface area (TPSA) is 97.7 Å². The van der Waals surface area contributed by atoms with Gasteiger partial charge in [0.2, 0.25) is 0 Å². The maximum Gasteiger partial charge on any atom is 1.00 e. The summed E-state index contributed by atoms with van der Waals surface area (Å²) < 4.78 is -0.0730. The van der Waals surface area contributed by atoms with E-state index in [-0.39, 0.29) is 53.9 Å². The van der Waals surface area contributed by atoms with Gasteiger partial charge >= 0.3 is 35.5 Å². The van der Waals surface area contributed by atoms with E-state index in [1.54, 1.807) is 13.1 Å². The van der Waals surface area contributed by atoms with E-state index in [2.05, 4.69) is 6.92 Å². The van der Waals surface area contributed by atoms with Crippen molar-refractivity contribution in [1.29, 1.82) is 0 Å². The third-order valence-corrected chi connectivity index (χ3v) is 4.03. The van der Waals surface area contributed by atoms with Crippen molar-refractivity contribution in [3.05, 3.63) is 12.3 Å². The number of hydrogen-bond acceptors (Lipinski definition) is 4. The number of rotatable bonds is 13. The number of carboxylic acid groups (broad SMARTS) is 2. The molecule has 0 fully saturated rings. The number of carbonyl (C=O) groups is 2. The van der Waals surface area contributed by atoms with Gasteiger partial charge < -0.3 is 20.1 Å². The quantitative estimate of drug-likeness (QED) is 0.179. The zero-order chi connectivity index (χ0) is 17.9. The summed E-state index contributed by atoms with van der Waals surface area (Å²) in [4.78, 5) is 22.1. The second-order valence-corrected chi connectivity index (χ2v) is 6.42. The maximum absolute atomic E-state index is 11.1. The molecule has 0 aliphatic rings. The molecule has 0 heterocycles. The first-order chi connectivity index (χ1) is 10.8. The molecule has 0 aromatic carbocycles. The van der Waals surface area contributed by atoms with Crippen LogP contribution < -0.4 is 34.7 Å². The Morgan fingerprint density at radius 1 is 1.12 bits per heavy atom. The summed E-state index contributed by atoms with van der Waals surface area (Å²) in [5, 5.41) is 29.9. The molecular formula is C17H31NNaO5+. The smallest absolute Gasteiger partial charge is 0.550 e. The Balaban J connectivity index is 0. The van der Waals surface area contributed by atoms with E-state index in [0.29, 0.717) is 0 Å². The third kappa shape index (κ3) is 10.5. The number of aliphatic hydroxyl groups is 1. The molecule has 3 atom stereocenters. The van der Waals surface area contributed by atoms with Gasteiger partial charge in [0.25, 0.3) is 0 Å². The zero-order valence-electron chi connectivity index (χ0n) is 15.5. The van der Waals surface area contributed by atoms with Crippen LogP contribution in [0.2, 0.25) is 0 Å². The van der Waals surface area contributed by atoms with Crippen LogP contribution in [0.3, 0.4) is 0 Å². The first-order valence-corrected chi connectivity index (χ1v) is 8.36. The summed E-state index contributed by atoms with van der Waals surface area (Å²) >= 11 is 0. The number of carboxylic acids is 2. The average molecular weight is 352 g/mol. The van der Waals surface area contributed by atoms with Gasteiger partial charge in [-0.1, -0.05) is 33.1 Å². The number of hydrogen-bond donors (Lipinski definition) is 2. The van der Waals surface area contributed by atoms with Crippen molar-refractivity contribution < 1.29 is 58.9 Å². The molecule has 3 unspecified atom stereocenters. The van der Waals surface area contributed by atoms with Crippen LogP contribution in [-0.2, 0) is 9.59 Å². The Morgan fingerprint density at radius 3 is 2.17 bits per heavy atom.